The van der Waals surface area contributed by atoms with Gasteiger partial charge in [0.15, 0.2) is 5.82 Å². The van der Waals surface area contributed by atoms with Crippen LogP contribution in [0.1, 0.15) is 5.56 Å². The average Bonchev–Trinajstić information content (AvgIpc) is 3.22. The number of aromatic nitrogens is 5. The fourth-order valence-electron chi connectivity index (χ4n) is 3.27. The number of nitrogens with one attached hydrogen (secondary N) is 2. The average molecular weight is 389 g/mol. The summed E-state index contributed by atoms with van der Waals surface area (Å²) in [6, 6.07) is 23.1. The summed E-state index contributed by atoms with van der Waals surface area (Å²) in [6.07, 6.45) is 3.46. The zero-order valence-corrected chi connectivity index (χ0v) is 15.7. The van der Waals surface area contributed by atoms with Gasteiger partial charge in [-0.2, -0.15) is 10.4 Å². The Morgan fingerprint density at radius 3 is 2.60 bits per heavy atom. The summed E-state index contributed by atoms with van der Waals surface area (Å²) >= 11 is 0. The second kappa shape index (κ2) is 7.45. The number of H-pyrrole nitrogens is 1. The Morgan fingerprint density at radius 2 is 1.73 bits per heavy atom. The van der Waals surface area contributed by atoms with Crippen LogP contribution in [0.3, 0.4) is 0 Å². The Balaban J connectivity index is 1.66. The van der Waals surface area contributed by atoms with E-state index in [-0.39, 0.29) is 0 Å². The van der Waals surface area contributed by atoms with Crippen LogP contribution in [0.4, 0.5) is 11.8 Å². The molecule has 5 rings (SSSR count). The minimum atomic E-state index is 0.386. The second-order valence-corrected chi connectivity index (χ2v) is 6.60. The van der Waals surface area contributed by atoms with E-state index in [1.807, 2.05) is 60.7 Å². The van der Waals surface area contributed by atoms with Crippen molar-refractivity contribution in [2.75, 3.05) is 5.32 Å². The molecule has 142 valence electrons. The highest BCUT2D eigenvalue weighted by atomic mass is 15.2. The zero-order valence-electron chi connectivity index (χ0n) is 15.7. The summed E-state index contributed by atoms with van der Waals surface area (Å²) in [5.74, 6) is 1.02. The molecule has 0 aliphatic rings. The molecule has 0 amide bonds. The first-order valence-corrected chi connectivity index (χ1v) is 9.31. The van der Waals surface area contributed by atoms with Crippen LogP contribution in [0.5, 0.6) is 0 Å². The number of aromatic amines is 1. The van der Waals surface area contributed by atoms with Crippen molar-refractivity contribution in [1.29, 1.82) is 5.26 Å². The molecule has 2 aromatic carbocycles. The van der Waals surface area contributed by atoms with E-state index in [1.54, 1.807) is 18.5 Å². The van der Waals surface area contributed by atoms with Crippen LogP contribution >= 0.6 is 0 Å². The molecule has 3 heterocycles. The Hall–Kier alpha value is -4.57. The van der Waals surface area contributed by atoms with Gasteiger partial charge in [-0.05, 0) is 36.4 Å². The molecule has 0 radical (unpaired) electrons. The summed E-state index contributed by atoms with van der Waals surface area (Å²) in [4.78, 5) is 13.5. The fraction of sp³-hybridized carbons (Fsp3) is 0. The molecule has 0 fully saturated rings. The third-order valence-corrected chi connectivity index (χ3v) is 4.71. The summed E-state index contributed by atoms with van der Waals surface area (Å²) in [5.41, 5.74) is 4.39. The molecular formula is C23H15N7. The van der Waals surface area contributed by atoms with Crippen LogP contribution in [-0.2, 0) is 0 Å². The SMILES string of the molecule is N#Cc1ccccc1-c1cc(-c2cccnc2)nc(Nc2n[nH]c3ccccc23)n1. The summed E-state index contributed by atoms with van der Waals surface area (Å²) in [7, 11) is 0. The summed E-state index contributed by atoms with van der Waals surface area (Å²) in [5, 5.41) is 21.0. The van der Waals surface area contributed by atoms with Gasteiger partial charge in [-0.15, -0.1) is 0 Å². The lowest BCUT2D eigenvalue weighted by atomic mass is 10.0. The Labute approximate surface area is 172 Å². The highest BCUT2D eigenvalue weighted by Crippen LogP contribution is 2.29. The van der Waals surface area contributed by atoms with Gasteiger partial charge in [0.05, 0.1) is 28.5 Å². The smallest absolute Gasteiger partial charge is 0.229 e. The number of hydrogen-bond donors (Lipinski definition) is 2. The normalized spacial score (nSPS) is 10.6. The fourth-order valence-corrected chi connectivity index (χ4v) is 3.27. The first-order valence-electron chi connectivity index (χ1n) is 9.31. The van der Waals surface area contributed by atoms with Crippen molar-refractivity contribution in [2.45, 2.75) is 0 Å². The maximum atomic E-state index is 9.53. The minimum Gasteiger partial charge on any atom is -0.307 e. The molecule has 30 heavy (non-hydrogen) atoms. The van der Waals surface area contributed by atoms with E-state index in [9.17, 15) is 5.26 Å². The van der Waals surface area contributed by atoms with Crippen molar-refractivity contribution in [3.05, 3.63) is 84.7 Å². The monoisotopic (exact) mass is 389 g/mol. The van der Waals surface area contributed by atoms with Gasteiger partial charge in [0, 0.05) is 28.9 Å². The highest BCUT2D eigenvalue weighted by molar-refractivity contribution is 5.91. The molecule has 0 saturated carbocycles. The quantitative estimate of drug-likeness (QED) is 0.462. The van der Waals surface area contributed by atoms with Crippen molar-refractivity contribution in [2.24, 2.45) is 0 Å². The lowest BCUT2D eigenvalue weighted by Gasteiger charge is -2.10. The Bertz CT molecular complexity index is 1380. The van der Waals surface area contributed by atoms with Crippen molar-refractivity contribution in [3.8, 4) is 28.6 Å². The molecule has 0 unspecified atom stereocenters. The van der Waals surface area contributed by atoms with Crippen LogP contribution < -0.4 is 5.32 Å². The largest absolute Gasteiger partial charge is 0.307 e. The van der Waals surface area contributed by atoms with E-state index >= 15 is 0 Å². The van der Waals surface area contributed by atoms with Crippen molar-refractivity contribution < 1.29 is 0 Å². The molecule has 2 N–H and O–H groups in total. The van der Waals surface area contributed by atoms with E-state index in [1.165, 1.54) is 0 Å². The van der Waals surface area contributed by atoms with Crippen molar-refractivity contribution in [1.82, 2.24) is 25.1 Å². The molecule has 5 aromatic rings. The van der Waals surface area contributed by atoms with Gasteiger partial charge in [0.2, 0.25) is 5.95 Å². The molecular weight excluding hydrogens is 374 g/mol. The minimum absolute atomic E-state index is 0.386. The van der Waals surface area contributed by atoms with Crippen LogP contribution in [0, 0.1) is 11.3 Å². The number of fused-ring (bicyclic) bond motifs is 1. The molecule has 0 saturated heterocycles. The summed E-state index contributed by atoms with van der Waals surface area (Å²) < 4.78 is 0. The van der Waals surface area contributed by atoms with Gasteiger partial charge >= 0.3 is 0 Å². The number of hydrogen-bond acceptors (Lipinski definition) is 6. The van der Waals surface area contributed by atoms with Gasteiger partial charge in [0.1, 0.15) is 0 Å². The van der Waals surface area contributed by atoms with E-state index in [2.05, 4.69) is 36.5 Å². The van der Waals surface area contributed by atoms with Gasteiger partial charge in [-0.3, -0.25) is 10.1 Å². The maximum absolute atomic E-state index is 9.53. The Kier molecular flexibility index (Phi) is 4.35. The first-order chi connectivity index (χ1) is 14.8. The van der Waals surface area contributed by atoms with E-state index in [0.717, 1.165) is 22.0 Å². The highest BCUT2D eigenvalue weighted by Gasteiger charge is 2.13. The number of anilines is 2. The van der Waals surface area contributed by atoms with Crippen LogP contribution in [-0.4, -0.2) is 25.1 Å². The van der Waals surface area contributed by atoms with Gasteiger partial charge in [0.25, 0.3) is 0 Å². The van der Waals surface area contributed by atoms with Crippen molar-refractivity contribution in [3.63, 3.8) is 0 Å². The van der Waals surface area contributed by atoms with E-state index in [4.69, 9.17) is 0 Å². The van der Waals surface area contributed by atoms with E-state index < -0.39 is 0 Å². The number of benzene rings is 2. The molecule has 3 aromatic heterocycles. The molecule has 0 atom stereocenters. The number of rotatable bonds is 4. The molecule has 0 aliphatic heterocycles. The molecule has 0 bridgehead atoms. The first kappa shape index (κ1) is 17.5. The molecule has 7 heteroatoms. The molecule has 0 spiro atoms. The predicted octanol–water partition coefficient (Wildman–Crippen LogP) is 4.70. The third-order valence-electron chi connectivity index (χ3n) is 4.71. The standard InChI is InChI=1S/C23H15N7/c24-13-15-6-1-2-8-17(15)21-12-20(16-7-5-11-25-14-16)26-23(27-21)28-22-18-9-3-4-10-19(18)29-30-22/h1-12,14H,(H2,26,27,28,29,30). The van der Waals surface area contributed by atoms with E-state index in [0.29, 0.717) is 28.7 Å². The topological polar surface area (TPSA) is 103 Å². The van der Waals surface area contributed by atoms with Crippen LogP contribution in [0.15, 0.2) is 79.1 Å². The lowest BCUT2D eigenvalue weighted by molar-refractivity contribution is 1.10. The zero-order chi connectivity index (χ0) is 20.3. The Morgan fingerprint density at radius 1 is 0.900 bits per heavy atom. The second-order valence-electron chi connectivity index (χ2n) is 6.60. The summed E-state index contributed by atoms with van der Waals surface area (Å²) in [6.45, 7) is 0. The van der Waals surface area contributed by atoms with Gasteiger partial charge in [-0.1, -0.05) is 30.3 Å². The van der Waals surface area contributed by atoms with Crippen molar-refractivity contribution >= 4 is 22.7 Å². The molecule has 7 nitrogen and oxygen atoms in total. The third kappa shape index (κ3) is 3.23. The predicted molar refractivity (Wildman–Crippen MR) is 115 cm³/mol. The number of nitrogens with zero attached hydrogens (tertiary/aromatic N) is 5. The van der Waals surface area contributed by atoms with Gasteiger partial charge in [-0.25, -0.2) is 9.97 Å². The lowest BCUT2D eigenvalue weighted by Crippen LogP contribution is -2.01. The number of pyridine rings is 1. The number of nitriles is 1. The van der Waals surface area contributed by atoms with Crippen LogP contribution in [0.25, 0.3) is 33.4 Å². The number of para-hydroxylation sites is 1. The molecule has 0 aliphatic carbocycles. The maximum Gasteiger partial charge on any atom is 0.229 e. The van der Waals surface area contributed by atoms with Gasteiger partial charge < -0.3 is 5.32 Å². The van der Waals surface area contributed by atoms with Crippen LogP contribution in [0.2, 0.25) is 0 Å².